The average Bonchev–Trinajstić information content (AvgIpc) is 2.91. The molecule has 0 heterocycles. The van der Waals surface area contributed by atoms with Gasteiger partial charge in [-0.2, -0.15) is 0 Å². The highest BCUT2D eigenvalue weighted by Crippen LogP contribution is 2.29. The normalized spacial score (nSPS) is 21.2. The van der Waals surface area contributed by atoms with Crippen LogP contribution in [0.5, 0.6) is 5.75 Å². The van der Waals surface area contributed by atoms with Crippen molar-refractivity contribution in [2.75, 3.05) is 6.61 Å². The molecule has 3 nitrogen and oxygen atoms in total. The van der Waals surface area contributed by atoms with E-state index in [9.17, 15) is 9.18 Å². The lowest BCUT2D eigenvalue weighted by atomic mass is 9.97. The van der Waals surface area contributed by atoms with Crippen molar-refractivity contribution in [3.63, 3.8) is 0 Å². The first-order chi connectivity index (χ1) is 10.2. The zero-order chi connectivity index (χ0) is 15.1. The SMILES string of the molecule is CCCCC1CCCC1NC(=O)COc1ccccc1F. The summed E-state index contributed by atoms with van der Waals surface area (Å²) in [5, 5.41) is 3.04. The first kappa shape index (κ1) is 15.8. The van der Waals surface area contributed by atoms with Gasteiger partial charge in [-0.05, 0) is 37.3 Å². The van der Waals surface area contributed by atoms with Crippen molar-refractivity contribution in [2.45, 2.75) is 51.5 Å². The molecule has 1 fully saturated rings. The molecule has 0 aliphatic heterocycles. The Balaban J connectivity index is 1.77. The maximum Gasteiger partial charge on any atom is 0.258 e. The lowest BCUT2D eigenvalue weighted by Gasteiger charge is -2.21. The molecule has 21 heavy (non-hydrogen) atoms. The van der Waals surface area contributed by atoms with Gasteiger partial charge in [0, 0.05) is 6.04 Å². The summed E-state index contributed by atoms with van der Waals surface area (Å²) in [5.41, 5.74) is 0. The van der Waals surface area contributed by atoms with E-state index in [0.717, 1.165) is 6.42 Å². The third-order valence-electron chi connectivity index (χ3n) is 4.13. The molecule has 1 amide bonds. The van der Waals surface area contributed by atoms with Crippen LogP contribution in [0.3, 0.4) is 0 Å². The number of carbonyl (C=O) groups is 1. The second-order valence-electron chi connectivity index (χ2n) is 5.73. The van der Waals surface area contributed by atoms with Crippen LogP contribution in [0.25, 0.3) is 0 Å². The molecule has 1 aromatic carbocycles. The predicted octanol–water partition coefficient (Wildman–Crippen LogP) is 3.68. The van der Waals surface area contributed by atoms with Crippen molar-refractivity contribution in [2.24, 2.45) is 5.92 Å². The van der Waals surface area contributed by atoms with Crippen molar-refractivity contribution in [3.05, 3.63) is 30.1 Å². The molecular formula is C17H24FNO2. The predicted molar refractivity (Wildman–Crippen MR) is 80.7 cm³/mol. The number of unbranched alkanes of at least 4 members (excludes halogenated alkanes) is 1. The molecule has 1 N–H and O–H groups in total. The number of benzene rings is 1. The van der Waals surface area contributed by atoms with Crippen molar-refractivity contribution >= 4 is 5.91 Å². The number of rotatable bonds is 7. The lowest BCUT2D eigenvalue weighted by molar-refractivity contribution is -0.124. The highest BCUT2D eigenvalue weighted by Gasteiger charge is 2.27. The summed E-state index contributed by atoms with van der Waals surface area (Å²) in [4.78, 5) is 11.9. The molecule has 4 heteroatoms. The van der Waals surface area contributed by atoms with Crippen LogP contribution in [0, 0.1) is 11.7 Å². The Labute approximate surface area is 125 Å². The van der Waals surface area contributed by atoms with Crippen LogP contribution in [0.4, 0.5) is 4.39 Å². The quantitative estimate of drug-likeness (QED) is 0.833. The molecule has 2 atom stereocenters. The van der Waals surface area contributed by atoms with Gasteiger partial charge in [-0.25, -0.2) is 4.39 Å². The number of hydrogen-bond acceptors (Lipinski definition) is 2. The van der Waals surface area contributed by atoms with Crippen LogP contribution in [-0.4, -0.2) is 18.6 Å². The summed E-state index contributed by atoms with van der Waals surface area (Å²) in [6.07, 6.45) is 6.98. The fraction of sp³-hybridized carbons (Fsp3) is 0.588. The number of ether oxygens (including phenoxy) is 1. The maximum absolute atomic E-state index is 13.4. The molecule has 0 aromatic heterocycles. The van der Waals surface area contributed by atoms with Gasteiger partial charge >= 0.3 is 0 Å². The largest absolute Gasteiger partial charge is 0.481 e. The average molecular weight is 293 g/mol. The minimum absolute atomic E-state index is 0.126. The van der Waals surface area contributed by atoms with Gasteiger partial charge in [0.1, 0.15) is 0 Å². The van der Waals surface area contributed by atoms with E-state index in [-0.39, 0.29) is 24.3 Å². The van der Waals surface area contributed by atoms with Crippen molar-refractivity contribution in [1.82, 2.24) is 5.32 Å². The molecule has 1 aliphatic carbocycles. The molecule has 1 saturated carbocycles. The number of nitrogens with one attached hydrogen (secondary N) is 1. The van der Waals surface area contributed by atoms with Crippen LogP contribution in [0.2, 0.25) is 0 Å². The molecule has 1 aliphatic rings. The maximum atomic E-state index is 13.4. The van der Waals surface area contributed by atoms with Gasteiger partial charge in [0.05, 0.1) is 0 Å². The summed E-state index contributed by atoms with van der Waals surface area (Å²) in [7, 11) is 0. The zero-order valence-corrected chi connectivity index (χ0v) is 12.6. The van der Waals surface area contributed by atoms with E-state index in [2.05, 4.69) is 12.2 Å². The first-order valence-corrected chi connectivity index (χ1v) is 7.87. The number of carbonyl (C=O) groups excluding carboxylic acids is 1. The van der Waals surface area contributed by atoms with Crippen LogP contribution < -0.4 is 10.1 Å². The van der Waals surface area contributed by atoms with Gasteiger partial charge in [0.25, 0.3) is 5.91 Å². The number of hydrogen-bond donors (Lipinski definition) is 1. The minimum Gasteiger partial charge on any atom is -0.481 e. The molecule has 2 rings (SSSR count). The third-order valence-corrected chi connectivity index (χ3v) is 4.13. The van der Waals surface area contributed by atoms with Gasteiger partial charge in [0.2, 0.25) is 0 Å². The van der Waals surface area contributed by atoms with Crippen LogP contribution >= 0.6 is 0 Å². The summed E-state index contributed by atoms with van der Waals surface area (Å²) in [6, 6.07) is 6.40. The van der Waals surface area contributed by atoms with Gasteiger partial charge in [0.15, 0.2) is 18.2 Å². The van der Waals surface area contributed by atoms with Crippen molar-refractivity contribution in [1.29, 1.82) is 0 Å². The van der Waals surface area contributed by atoms with E-state index in [1.807, 2.05) is 0 Å². The van der Waals surface area contributed by atoms with Crippen LogP contribution in [-0.2, 0) is 4.79 Å². The van der Waals surface area contributed by atoms with Gasteiger partial charge in [-0.15, -0.1) is 0 Å². The Bertz CT molecular complexity index is 464. The highest BCUT2D eigenvalue weighted by molar-refractivity contribution is 5.77. The Morgan fingerprint density at radius 1 is 1.38 bits per heavy atom. The number of para-hydroxylation sites is 1. The second kappa shape index (κ2) is 8.01. The van der Waals surface area contributed by atoms with E-state index in [4.69, 9.17) is 4.74 Å². The molecule has 1 aromatic rings. The molecule has 2 unspecified atom stereocenters. The lowest BCUT2D eigenvalue weighted by Crippen LogP contribution is -2.40. The van der Waals surface area contributed by atoms with Gasteiger partial charge < -0.3 is 10.1 Å². The second-order valence-corrected chi connectivity index (χ2v) is 5.73. The Morgan fingerprint density at radius 3 is 2.95 bits per heavy atom. The van der Waals surface area contributed by atoms with Gasteiger partial charge in [-0.3, -0.25) is 4.79 Å². The Morgan fingerprint density at radius 2 is 2.19 bits per heavy atom. The number of halogens is 1. The monoisotopic (exact) mass is 293 g/mol. The van der Waals surface area contributed by atoms with E-state index < -0.39 is 5.82 Å². The standard InChI is InChI=1S/C17H24FNO2/c1-2-3-7-13-8-6-10-15(13)19-17(20)12-21-16-11-5-4-9-14(16)18/h4-5,9,11,13,15H,2-3,6-8,10,12H2,1H3,(H,19,20). The number of amides is 1. The van der Waals surface area contributed by atoms with Crippen molar-refractivity contribution < 1.29 is 13.9 Å². The molecule has 0 bridgehead atoms. The smallest absolute Gasteiger partial charge is 0.258 e. The van der Waals surface area contributed by atoms with Crippen LogP contribution in [0.1, 0.15) is 45.4 Å². The first-order valence-electron chi connectivity index (χ1n) is 7.87. The van der Waals surface area contributed by atoms with E-state index in [1.54, 1.807) is 12.1 Å². The summed E-state index contributed by atoms with van der Waals surface area (Å²) >= 11 is 0. The van der Waals surface area contributed by atoms with E-state index >= 15 is 0 Å². The van der Waals surface area contributed by atoms with Gasteiger partial charge in [-0.1, -0.05) is 38.3 Å². The Kier molecular flexibility index (Phi) is 6.03. The van der Waals surface area contributed by atoms with Crippen molar-refractivity contribution in [3.8, 4) is 5.75 Å². The minimum atomic E-state index is -0.438. The highest BCUT2D eigenvalue weighted by atomic mass is 19.1. The van der Waals surface area contributed by atoms with Crippen LogP contribution in [0.15, 0.2) is 24.3 Å². The fourth-order valence-corrected chi connectivity index (χ4v) is 2.99. The summed E-state index contributed by atoms with van der Waals surface area (Å²) in [5.74, 6) is 0.114. The topological polar surface area (TPSA) is 38.3 Å². The van der Waals surface area contributed by atoms with E-state index in [1.165, 1.54) is 44.2 Å². The zero-order valence-electron chi connectivity index (χ0n) is 12.6. The molecule has 0 radical (unpaired) electrons. The molecule has 0 saturated heterocycles. The molecule has 116 valence electrons. The Hall–Kier alpha value is -1.58. The third kappa shape index (κ3) is 4.73. The fourth-order valence-electron chi connectivity index (χ4n) is 2.99. The molecular weight excluding hydrogens is 269 g/mol. The summed E-state index contributed by atoms with van der Waals surface area (Å²) in [6.45, 7) is 2.06. The van der Waals surface area contributed by atoms with E-state index in [0.29, 0.717) is 5.92 Å². The summed E-state index contributed by atoms with van der Waals surface area (Å²) < 4.78 is 18.6. The molecule has 0 spiro atoms.